The van der Waals surface area contributed by atoms with Gasteiger partial charge in [0.2, 0.25) is 5.91 Å². The molecule has 0 aliphatic heterocycles. The number of rotatable bonds is 7. The van der Waals surface area contributed by atoms with Gasteiger partial charge >= 0.3 is 6.61 Å². The Morgan fingerprint density at radius 1 is 1.26 bits per heavy atom. The van der Waals surface area contributed by atoms with Crippen LogP contribution in [0.5, 0.6) is 5.75 Å². The van der Waals surface area contributed by atoms with Gasteiger partial charge in [-0.05, 0) is 42.0 Å². The van der Waals surface area contributed by atoms with Crippen LogP contribution in [-0.4, -0.2) is 23.5 Å². The number of hydrogen-bond acceptors (Lipinski definition) is 3. The van der Waals surface area contributed by atoms with Crippen LogP contribution in [0.15, 0.2) is 41.8 Å². The minimum absolute atomic E-state index is 0.0726. The second kappa shape index (κ2) is 7.08. The maximum Gasteiger partial charge on any atom is 0.387 e. The number of amides is 1. The molecule has 1 aliphatic rings. The van der Waals surface area contributed by atoms with Gasteiger partial charge in [0.1, 0.15) is 5.75 Å². The van der Waals surface area contributed by atoms with Crippen LogP contribution in [0.2, 0.25) is 0 Å². The molecule has 1 aromatic heterocycles. The fourth-order valence-electron chi connectivity index (χ4n) is 2.44. The molecule has 0 radical (unpaired) electrons. The number of hydrogen-bond donors (Lipinski definition) is 0. The molecule has 0 unspecified atom stereocenters. The van der Waals surface area contributed by atoms with Gasteiger partial charge in [-0.2, -0.15) is 8.78 Å². The van der Waals surface area contributed by atoms with Gasteiger partial charge in [0.25, 0.3) is 0 Å². The summed E-state index contributed by atoms with van der Waals surface area (Å²) in [6.45, 7) is -2.19. The lowest BCUT2D eigenvalue weighted by atomic mass is 10.1. The van der Waals surface area contributed by atoms with Crippen molar-refractivity contribution in [3.8, 4) is 5.75 Å². The van der Waals surface area contributed by atoms with Crippen LogP contribution < -0.4 is 4.74 Å². The summed E-state index contributed by atoms with van der Waals surface area (Å²) in [7, 11) is 0. The fourth-order valence-corrected chi connectivity index (χ4v) is 3.15. The molecule has 1 fully saturated rings. The normalized spacial score (nSPS) is 14.0. The topological polar surface area (TPSA) is 29.5 Å². The molecule has 0 saturated heterocycles. The quantitative estimate of drug-likeness (QED) is 0.762. The second-order valence-corrected chi connectivity index (χ2v) is 6.56. The van der Waals surface area contributed by atoms with E-state index in [1.54, 1.807) is 23.5 Å². The molecule has 0 N–H and O–H groups in total. The average Bonchev–Trinajstić information content (AvgIpc) is 3.22. The Balaban J connectivity index is 1.62. The van der Waals surface area contributed by atoms with E-state index in [9.17, 15) is 13.6 Å². The third-order valence-corrected chi connectivity index (χ3v) is 4.58. The van der Waals surface area contributed by atoms with Gasteiger partial charge < -0.3 is 9.64 Å². The predicted octanol–water partition coefficient (Wildman–Crippen LogP) is 4.08. The largest absolute Gasteiger partial charge is 0.435 e. The number of carbonyl (C=O) groups excluding carboxylic acids is 1. The van der Waals surface area contributed by atoms with Gasteiger partial charge in [-0.3, -0.25) is 4.79 Å². The molecule has 1 aromatic carbocycles. The molecule has 1 aliphatic carbocycles. The summed E-state index contributed by atoms with van der Waals surface area (Å²) in [5.41, 5.74) is 0.799. The Morgan fingerprint density at radius 3 is 2.57 bits per heavy atom. The first kappa shape index (κ1) is 15.9. The highest BCUT2D eigenvalue weighted by Crippen LogP contribution is 2.30. The van der Waals surface area contributed by atoms with E-state index >= 15 is 0 Å². The Labute approximate surface area is 137 Å². The number of alkyl halides is 2. The van der Waals surface area contributed by atoms with Gasteiger partial charge in [-0.1, -0.05) is 18.2 Å². The number of benzene rings is 1. The predicted molar refractivity (Wildman–Crippen MR) is 84.7 cm³/mol. The van der Waals surface area contributed by atoms with E-state index in [0.717, 1.165) is 18.4 Å². The number of carbonyl (C=O) groups is 1. The van der Waals surface area contributed by atoms with Crippen molar-refractivity contribution in [2.24, 2.45) is 0 Å². The molecule has 1 saturated carbocycles. The van der Waals surface area contributed by atoms with Crippen molar-refractivity contribution in [1.82, 2.24) is 4.90 Å². The number of thiophene rings is 1. The van der Waals surface area contributed by atoms with Crippen molar-refractivity contribution in [2.75, 3.05) is 0 Å². The SMILES string of the molecule is O=C(Cc1ccc(OC(F)F)cc1)N(Cc1cccs1)C1CC1. The van der Waals surface area contributed by atoms with E-state index < -0.39 is 6.61 Å². The van der Waals surface area contributed by atoms with Crippen LogP contribution in [0.4, 0.5) is 8.78 Å². The van der Waals surface area contributed by atoms with Gasteiger partial charge in [0.15, 0.2) is 0 Å². The van der Waals surface area contributed by atoms with E-state index in [0.29, 0.717) is 12.6 Å². The number of halogens is 2. The van der Waals surface area contributed by atoms with E-state index in [4.69, 9.17) is 0 Å². The standard InChI is InChI=1S/C17H17F2NO2S/c18-17(19)22-14-7-3-12(4-8-14)10-16(21)20(13-5-6-13)11-15-2-1-9-23-15/h1-4,7-9,13,17H,5-6,10-11H2. The highest BCUT2D eigenvalue weighted by atomic mass is 32.1. The van der Waals surface area contributed by atoms with Crippen LogP contribution in [-0.2, 0) is 17.8 Å². The summed E-state index contributed by atoms with van der Waals surface area (Å²) >= 11 is 1.65. The maximum absolute atomic E-state index is 12.6. The van der Waals surface area contributed by atoms with E-state index in [1.165, 1.54) is 17.0 Å². The molecular weight excluding hydrogens is 320 g/mol. The summed E-state index contributed by atoms with van der Waals surface area (Å²) in [4.78, 5) is 15.7. The smallest absolute Gasteiger partial charge is 0.387 e. The van der Waals surface area contributed by atoms with Crippen molar-refractivity contribution in [3.05, 3.63) is 52.2 Å². The minimum atomic E-state index is -2.83. The van der Waals surface area contributed by atoms with Crippen LogP contribution in [0.25, 0.3) is 0 Å². The Bertz CT molecular complexity index is 639. The molecule has 6 heteroatoms. The lowest BCUT2D eigenvalue weighted by molar-refractivity contribution is -0.131. The van der Waals surface area contributed by atoms with Gasteiger partial charge in [-0.25, -0.2) is 0 Å². The Hall–Kier alpha value is -1.95. The third-order valence-electron chi connectivity index (χ3n) is 3.72. The summed E-state index contributed by atoms with van der Waals surface area (Å²) in [6, 6.07) is 10.6. The first-order valence-electron chi connectivity index (χ1n) is 7.47. The average molecular weight is 337 g/mol. The summed E-state index contributed by atoms with van der Waals surface area (Å²) in [5.74, 6) is 0.178. The van der Waals surface area contributed by atoms with Crippen molar-refractivity contribution in [3.63, 3.8) is 0 Å². The zero-order valence-corrected chi connectivity index (χ0v) is 13.3. The second-order valence-electron chi connectivity index (χ2n) is 5.53. The van der Waals surface area contributed by atoms with E-state index in [-0.39, 0.29) is 18.1 Å². The molecule has 0 atom stereocenters. The first-order chi connectivity index (χ1) is 11.1. The molecule has 3 rings (SSSR count). The van der Waals surface area contributed by atoms with Crippen LogP contribution in [0.1, 0.15) is 23.3 Å². The van der Waals surface area contributed by atoms with Gasteiger partial charge in [-0.15, -0.1) is 11.3 Å². The number of ether oxygens (including phenoxy) is 1. The van der Waals surface area contributed by atoms with Crippen molar-refractivity contribution >= 4 is 17.2 Å². The minimum Gasteiger partial charge on any atom is -0.435 e. The molecule has 3 nitrogen and oxygen atoms in total. The molecular formula is C17H17F2NO2S. The zero-order chi connectivity index (χ0) is 16.2. The highest BCUT2D eigenvalue weighted by Gasteiger charge is 2.32. The highest BCUT2D eigenvalue weighted by molar-refractivity contribution is 7.09. The van der Waals surface area contributed by atoms with Crippen molar-refractivity contribution < 1.29 is 18.3 Å². The molecule has 0 bridgehead atoms. The first-order valence-corrected chi connectivity index (χ1v) is 8.35. The van der Waals surface area contributed by atoms with Crippen molar-refractivity contribution in [2.45, 2.75) is 38.5 Å². The molecule has 23 heavy (non-hydrogen) atoms. The summed E-state index contributed by atoms with van der Waals surface area (Å²) in [5, 5.41) is 2.01. The van der Waals surface area contributed by atoms with E-state index in [1.807, 2.05) is 22.4 Å². The van der Waals surface area contributed by atoms with Gasteiger partial charge in [0, 0.05) is 10.9 Å². The molecule has 0 spiro atoms. The van der Waals surface area contributed by atoms with Crippen LogP contribution in [0, 0.1) is 0 Å². The monoisotopic (exact) mass is 337 g/mol. The molecule has 1 amide bonds. The van der Waals surface area contributed by atoms with Crippen molar-refractivity contribution in [1.29, 1.82) is 0 Å². The van der Waals surface area contributed by atoms with Crippen LogP contribution >= 0.6 is 11.3 Å². The summed E-state index contributed by atoms with van der Waals surface area (Å²) < 4.78 is 28.6. The molecule has 122 valence electrons. The summed E-state index contributed by atoms with van der Waals surface area (Å²) in [6.07, 6.45) is 2.38. The number of nitrogens with zero attached hydrogens (tertiary/aromatic N) is 1. The lowest BCUT2D eigenvalue weighted by Gasteiger charge is -2.22. The van der Waals surface area contributed by atoms with Gasteiger partial charge in [0.05, 0.1) is 13.0 Å². The van der Waals surface area contributed by atoms with Crippen LogP contribution in [0.3, 0.4) is 0 Å². The molecule has 2 aromatic rings. The maximum atomic E-state index is 12.6. The fraction of sp³-hybridized carbons (Fsp3) is 0.353. The third kappa shape index (κ3) is 4.51. The Kier molecular flexibility index (Phi) is 4.91. The zero-order valence-electron chi connectivity index (χ0n) is 12.5. The lowest BCUT2D eigenvalue weighted by Crippen LogP contribution is -2.33. The molecule has 1 heterocycles. The Morgan fingerprint density at radius 2 is 2.00 bits per heavy atom. The van der Waals surface area contributed by atoms with E-state index in [2.05, 4.69) is 4.74 Å².